The van der Waals surface area contributed by atoms with Gasteiger partial charge in [-0.3, -0.25) is 0 Å². The maximum atomic E-state index is 9.71. The molecule has 0 amide bonds. The number of phenolic OH excluding ortho intramolecular Hbond substituents is 1. The lowest BCUT2D eigenvalue weighted by Crippen LogP contribution is -2.21. The van der Waals surface area contributed by atoms with Gasteiger partial charge in [0.1, 0.15) is 35.5 Å². The molecule has 0 spiro atoms. The molecule has 124 valence electrons. The van der Waals surface area contributed by atoms with E-state index in [1.54, 1.807) is 12.1 Å². The highest BCUT2D eigenvalue weighted by molar-refractivity contribution is 9.10. The van der Waals surface area contributed by atoms with Crippen molar-refractivity contribution in [2.45, 2.75) is 5.92 Å². The number of ether oxygens (including phenoxy) is 2. The van der Waals surface area contributed by atoms with Gasteiger partial charge in [0.25, 0.3) is 0 Å². The third kappa shape index (κ3) is 3.13. The van der Waals surface area contributed by atoms with E-state index < -0.39 is 5.92 Å². The number of nitrogens with zero attached hydrogens (tertiary/aromatic N) is 1. The topological polar surface area (TPSA) is 88.5 Å². The Hall–Kier alpha value is -3.09. The average molecular weight is 397 g/mol. The highest BCUT2D eigenvalue weighted by Crippen LogP contribution is 2.46. The third-order valence-corrected chi connectivity index (χ3v) is 4.29. The molecule has 0 fully saturated rings. The zero-order chi connectivity index (χ0) is 18.0. The Bertz CT molecular complexity index is 954. The molecular formula is C19H13BrN2O3. The second-order valence-electron chi connectivity index (χ2n) is 5.32. The minimum atomic E-state index is -0.500. The molecule has 1 atom stereocenters. The maximum Gasteiger partial charge on any atom is 0.205 e. The molecule has 1 aliphatic heterocycles. The van der Waals surface area contributed by atoms with Crippen LogP contribution in [0.25, 0.3) is 0 Å². The summed E-state index contributed by atoms with van der Waals surface area (Å²) in [4.78, 5) is 0. The number of halogens is 1. The first kappa shape index (κ1) is 16.8. The fourth-order valence-corrected chi connectivity index (χ4v) is 3.14. The summed E-state index contributed by atoms with van der Waals surface area (Å²) in [5.41, 5.74) is 7.63. The molecule has 3 rings (SSSR count). The number of terminal acetylenes is 1. The number of aromatic hydroxyl groups is 1. The number of benzene rings is 2. The highest BCUT2D eigenvalue weighted by Gasteiger charge is 2.32. The Labute approximate surface area is 153 Å². The van der Waals surface area contributed by atoms with Crippen molar-refractivity contribution in [1.82, 2.24) is 0 Å². The predicted octanol–water partition coefficient (Wildman–Crippen LogP) is 3.38. The van der Waals surface area contributed by atoms with Crippen molar-refractivity contribution in [2.75, 3.05) is 6.61 Å². The van der Waals surface area contributed by atoms with Crippen LogP contribution in [0.2, 0.25) is 0 Å². The van der Waals surface area contributed by atoms with Gasteiger partial charge in [-0.2, -0.15) is 5.26 Å². The van der Waals surface area contributed by atoms with Gasteiger partial charge in [-0.25, -0.2) is 0 Å². The molecule has 1 heterocycles. The fraction of sp³-hybridized carbons (Fsp3) is 0.105. The molecule has 0 radical (unpaired) electrons. The lowest BCUT2D eigenvalue weighted by molar-refractivity contribution is 0.361. The summed E-state index contributed by atoms with van der Waals surface area (Å²) in [6.45, 7) is 0.0986. The molecule has 1 aliphatic rings. The van der Waals surface area contributed by atoms with Gasteiger partial charge < -0.3 is 20.3 Å². The van der Waals surface area contributed by atoms with Crippen LogP contribution in [0.3, 0.4) is 0 Å². The van der Waals surface area contributed by atoms with E-state index in [-0.39, 0.29) is 23.8 Å². The standard InChI is InChI=1S/C19H13BrN2O3/c1-2-7-24-16-6-3-11(20)8-14(16)18-13-5-4-12(23)9-17(13)25-19(22)15(18)10-21/h1,3-6,8-9,18,23H,7,22H2. The van der Waals surface area contributed by atoms with Crippen LogP contribution in [0.5, 0.6) is 17.2 Å². The van der Waals surface area contributed by atoms with Gasteiger partial charge in [0.2, 0.25) is 5.88 Å². The Morgan fingerprint density at radius 1 is 1.28 bits per heavy atom. The maximum absolute atomic E-state index is 9.71. The Morgan fingerprint density at radius 2 is 2.08 bits per heavy atom. The summed E-state index contributed by atoms with van der Waals surface area (Å²) in [6.07, 6.45) is 5.29. The molecule has 2 aromatic carbocycles. The summed E-state index contributed by atoms with van der Waals surface area (Å²) in [5, 5.41) is 19.3. The van der Waals surface area contributed by atoms with E-state index in [4.69, 9.17) is 21.6 Å². The number of nitriles is 1. The van der Waals surface area contributed by atoms with Crippen molar-refractivity contribution in [2.24, 2.45) is 5.73 Å². The van der Waals surface area contributed by atoms with Gasteiger partial charge >= 0.3 is 0 Å². The zero-order valence-electron chi connectivity index (χ0n) is 13.0. The SMILES string of the molecule is C#CCOc1ccc(Br)cc1C1C(C#N)=C(N)Oc2cc(O)ccc21. The Morgan fingerprint density at radius 3 is 2.80 bits per heavy atom. The first-order valence-electron chi connectivity index (χ1n) is 7.31. The minimum absolute atomic E-state index is 0.00604. The van der Waals surface area contributed by atoms with Gasteiger partial charge in [-0.15, -0.1) is 6.42 Å². The van der Waals surface area contributed by atoms with E-state index in [1.807, 2.05) is 12.1 Å². The molecule has 5 nitrogen and oxygen atoms in total. The van der Waals surface area contributed by atoms with Gasteiger partial charge in [0, 0.05) is 21.7 Å². The molecule has 1 unspecified atom stereocenters. The molecule has 25 heavy (non-hydrogen) atoms. The lowest BCUT2D eigenvalue weighted by Gasteiger charge is -2.27. The quantitative estimate of drug-likeness (QED) is 0.776. The molecule has 0 saturated heterocycles. The van der Waals surface area contributed by atoms with Crippen molar-refractivity contribution >= 4 is 15.9 Å². The molecule has 0 aliphatic carbocycles. The summed E-state index contributed by atoms with van der Waals surface area (Å²) < 4.78 is 12.0. The largest absolute Gasteiger partial charge is 0.508 e. The molecular weight excluding hydrogens is 384 g/mol. The number of rotatable bonds is 3. The monoisotopic (exact) mass is 396 g/mol. The van der Waals surface area contributed by atoms with Gasteiger partial charge in [0.15, 0.2) is 0 Å². The normalized spacial score (nSPS) is 15.6. The fourth-order valence-electron chi connectivity index (χ4n) is 2.76. The highest BCUT2D eigenvalue weighted by atomic mass is 79.9. The Kier molecular flexibility index (Phi) is 4.56. The van der Waals surface area contributed by atoms with Crippen molar-refractivity contribution in [3.63, 3.8) is 0 Å². The van der Waals surface area contributed by atoms with Crippen molar-refractivity contribution in [1.29, 1.82) is 5.26 Å². The van der Waals surface area contributed by atoms with Crippen LogP contribution in [0.4, 0.5) is 0 Å². The average Bonchev–Trinajstić information content (AvgIpc) is 2.59. The number of hydrogen-bond donors (Lipinski definition) is 2. The number of allylic oxidation sites excluding steroid dienone is 1. The van der Waals surface area contributed by atoms with E-state index in [9.17, 15) is 10.4 Å². The first-order chi connectivity index (χ1) is 12.0. The predicted molar refractivity (Wildman–Crippen MR) is 95.9 cm³/mol. The smallest absolute Gasteiger partial charge is 0.205 e. The van der Waals surface area contributed by atoms with E-state index in [1.165, 1.54) is 12.1 Å². The number of hydrogen-bond acceptors (Lipinski definition) is 5. The van der Waals surface area contributed by atoms with Crippen LogP contribution in [0.1, 0.15) is 17.0 Å². The molecule has 6 heteroatoms. The van der Waals surface area contributed by atoms with Gasteiger partial charge in [-0.05, 0) is 24.3 Å². The van der Waals surface area contributed by atoms with E-state index in [2.05, 4.69) is 27.9 Å². The van der Waals surface area contributed by atoms with Crippen LogP contribution in [0.15, 0.2) is 52.3 Å². The molecule has 3 N–H and O–H groups in total. The molecule has 0 bridgehead atoms. The Balaban J connectivity index is 2.23. The minimum Gasteiger partial charge on any atom is -0.508 e. The number of nitrogens with two attached hydrogens (primary N) is 1. The number of phenols is 1. The lowest BCUT2D eigenvalue weighted by atomic mass is 9.83. The van der Waals surface area contributed by atoms with E-state index >= 15 is 0 Å². The van der Waals surface area contributed by atoms with Gasteiger partial charge in [-0.1, -0.05) is 27.9 Å². The van der Waals surface area contributed by atoms with Crippen LogP contribution < -0.4 is 15.2 Å². The van der Waals surface area contributed by atoms with Crippen molar-refractivity contribution in [3.8, 4) is 35.7 Å². The first-order valence-corrected chi connectivity index (χ1v) is 8.10. The van der Waals surface area contributed by atoms with Gasteiger partial charge in [0.05, 0.1) is 5.92 Å². The molecule has 0 saturated carbocycles. The summed E-state index contributed by atoms with van der Waals surface area (Å²) in [5.74, 6) is 2.91. The van der Waals surface area contributed by atoms with Crippen molar-refractivity contribution in [3.05, 3.63) is 63.5 Å². The van der Waals surface area contributed by atoms with Crippen LogP contribution in [0, 0.1) is 23.7 Å². The summed E-state index contributed by atoms with van der Waals surface area (Å²) >= 11 is 3.44. The summed E-state index contributed by atoms with van der Waals surface area (Å²) in [7, 11) is 0. The van der Waals surface area contributed by atoms with E-state index in [0.717, 1.165) is 10.0 Å². The zero-order valence-corrected chi connectivity index (χ0v) is 14.6. The van der Waals surface area contributed by atoms with Crippen molar-refractivity contribution < 1.29 is 14.6 Å². The number of fused-ring (bicyclic) bond motifs is 1. The van der Waals surface area contributed by atoms with Crippen LogP contribution in [-0.4, -0.2) is 11.7 Å². The molecule has 0 aromatic heterocycles. The second-order valence-corrected chi connectivity index (χ2v) is 6.24. The third-order valence-electron chi connectivity index (χ3n) is 3.80. The summed E-state index contributed by atoms with van der Waals surface area (Å²) in [6, 6.07) is 12.3. The van der Waals surface area contributed by atoms with Crippen LogP contribution in [-0.2, 0) is 0 Å². The van der Waals surface area contributed by atoms with Crippen LogP contribution >= 0.6 is 15.9 Å². The van der Waals surface area contributed by atoms with E-state index in [0.29, 0.717) is 17.1 Å². The second kappa shape index (κ2) is 6.80. The molecule has 2 aromatic rings.